The second kappa shape index (κ2) is 10.8. The number of aliphatic hydroxyl groups excluding tert-OH is 2. The lowest BCUT2D eigenvalue weighted by atomic mass is 9.72. The quantitative estimate of drug-likeness (QED) is 0.569. The Hall–Kier alpha value is -1.61. The molecule has 3 aliphatic heterocycles. The largest absolute Gasteiger partial charge is 0.455 e. The van der Waals surface area contributed by atoms with Crippen molar-refractivity contribution in [3.05, 3.63) is 21.7 Å². The van der Waals surface area contributed by atoms with E-state index in [4.69, 9.17) is 9.47 Å². The molecule has 1 aromatic rings. The number of esters is 1. The maximum absolute atomic E-state index is 13.2. The lowest BCUT2D eigenvalue weighted by Crippen LogP contribution is -2.55. The summed E-state index contributed by atoms with van der Waals surface area (Å²) in [5.74, 6) is -1.57. The zero-order valence-corrected chi connectivity index (χ0v) is 22.9. The van der Waals surface area contributed by atoms with Crippen LogP contribution in [0, 0.1) is 24.2 Å². The van der Waals surface area contributed by atoms with Gasteiger partial charge in [-0.3, -0.25) is 9.59 Å². The van der Waals surface area contributed by atoms with Crippen molar-refractivity contribution < 1.29 is 29.3 Å². The molecule has 8 heteroatoms. The van der Waals surface area contributed by atoms with Crippen LogP contribution in [0.15, 0.2) is 11.0 Å². The van der Waals surface area contributed by atoms with E-state index in [9.17, 15) is 19.8 Å². The van der Waals surface area contributed by atoms with Crippen molar-refractivity contribution in [1.82, 2.24) is 4.98 Å². The number of nitrogens with zero attached hydrogens (tertiary/aromatic N) is 1. The highest BCUT2D eigenvalue weighted by molar-refractivity contribution is 7.09. The zero-order chi connectivity index (χ0) is 26.1. The smallest absolute Gasteiger partial charge is 0.309 e. The molecular weight excluding hydrogens is 466 g/mol. The first-order valence-electron chi connectivity index (χ1n) is 12.6. The van der Waals surface area contributed by atoms with E-state index in [1.807, 2.05) is 32.2 Å². The number of thiazole rings is 1. The summed E-state index contributed by atoms with van der Waals surface area (Å²) in [4.78, 5) is 30.7. The Morgan fingerprint density at radius 2 is 1.89 bits per heavy atom. The van der Waals surface area contributed by atoms with Crippen molar-refractivity contribution in [2.24, 2.45) is 17.3 Å². The number of ketones is 1. The molecule has 0 saturated carbocycles. The fourth-order valence-corrected chi connectivity index (χ4v) is 5.88. The summed E-state index contributed by atoms with van der Waals surface area (Å²) in [5.41, 5.74) is 0.105. The first-order valence-corrected chi connectivity index (χ1v) is 13.5. The van der Waals surface area contributed by atoms with Crippen LogP contribution in [0.2, 0.25) is 0 Å². The minimum atomic E-state index is -1.24. The third-order valence-corrected chi connectivity index (χ3v) is 8.62. The van der Waals surface area contributed by atoms with Gasteiger partial charge in [-0.05, 0) is 51.2 Å². The van der Waals surface area contributed by atoms with Crippen molar-refractivity contribution in [1.29, 1.82) is 0 Å². The van der Waals surface area contributed by atoms with Crippen LogP contribution >= 0.6 is 11.3 Å². The molecule has 35 heavy (non-hydrogen) atoms. The predicted molar refractivity (Wildman–Crippen MR) is 136 cm³/mol. The number of carbonyl (C=O) groups excluding carboxylic acids is 2. The Morgan fingerprint density at radius 3 is 2.49 bits per heavy atom. The van der Waals surface area contributed by atoms with Crippen molar-refractivity contribution in [3.8, 4) is 0 Å². The van der Waals surface area contributed by atoms with E-state index in [0.29, 0.717) is 0 Å². The predicted octanol–water partition coefficient (Wildman–Crippen LogP) is 4.48. The second-order valence-corrected chi connectivity index (χ2v) is 12.4. The molecule has 7 nitrogen and oxygen atoms in total. The standard InChI is InChI=1S/C27H41NO6S/c1-15-9-8-10-27(7)13-20(34-27)24(16(2)11-19-14-35-18(4)28-19)33-22(30)12-21(29)26(5,6)25(32)17(3)23(15)31/h11,14-15,17,20-21,23-24,29,31H,8-10,12-13H2,1-7H3/b16-11+. The molecule has 3 aliphatic rings. The average Bonchev–Trinajstić information content (AvgIpc) is 3.17. The molecule has 7 unspecified atom stereocenters. The molecule has 4 rings (SSSR count). The number of hydrogen-bond acceptors (Lipinski definition) is 8. The normalized spacial score (nSPS) is 37.5. The summed E-state index contributed by atoms with van der Waals surface area (Å²) < 4.78 is 12.2. The third kappa shape index (κ3) is 6.40. The third-order valence-electron chi connectivity index (χ3n) is 7.83. The number of rotatable bonds is 2. The van der Waals surface area contributed by atoms with Gasteiger partial charge in [-0.1, -0.05) is 34.1 Å². The molecule has 2 bridgehead atoms. The van der Waals surface area contributed by atoms with Gasteiger partial charge in [0.1, 0.15) is 18.0 Å². The van der Waals surface area contributed by atoms with Gasteiger partial charge in [-0.15, -0.1) is 11.3 Å². The Morgan fingerprint density at radius 1 is 1.23 bits per heavy atom. The van der Waals surface area contributed by atoms with Crippen molar-refractivity contribution in [2.75, 3.05) is 0 Å². The summed E-state index contributed by atoms with van der Waals surface area (Å²) in [6.45, 7) is 12.8. The van der Waals surface area contributed by atoms with Crippen LogP contribution in [0.25, 0.3) is 6.08 Å². The lowest BCUT2D eigenvalue weighted by molar-refractivity contribution is -0.233. The number of hydrogen-bond donors (Lipinski definition) is 2. The van der Waals surface area contributed by atoms with Gasteiger partial charge in [0.05, 0.1) is 40.3 Å². The molecule has 2 N–H and O–H groups in total. The maximum atomic E-state index is 13.2. The van der Waals surface area contributed by atoms with Crippen LogP contribution in [-0.2, 0) is 19.1 Å². The highest BCUT2D eigenvalue weighted by atomic mass is 32.1. The highest BCUT2D eigenvalue weighted by Crippen LogP contribution is 2.42. The highest BCUT2D eigenvalue weighted by Gasteiger charge is 2.48. The average molecular weight is 508 g/mol. The molecule has 196 valence electrons. The second-order valence-electron chi connectivity index (χ2n) is 11.4. The topological polar surface area (TPSA) is 106 Å². The number of carbonyl (C=O) groups is 2. The number of aryl methyl sites for hydroxylation is 1. The van der Waals surface area contributed by atoms with E-state index < -0.39 is 35.6 Å². The van der Waals surface area contributed by atoms with Crippen LogP contribution in [0.3, 0.4) is 0 Å². The summed E-state index contributed by atoms with van der Waals surface area (Å²) in [7, 11) is 0. The van der Waals surface area contributed by atoms with Crippen molar-refractivity contribution in [2.45, 2.75) is 111 Å². The maximum Gasteiger partial charge on any atom is 0.309 e. The Labute approximate surface area is 212 Å². The molecule has 0 aliphatic carbocycles. The fraction of sp³-hybridized carbons (Fsp3) is 0.741. The summed E-state index contributed by atoms with van der Waals surface area (Å²) in [6.07, 6.45) is 1.83. The van der Waals surface area contributed by atoms with E-state index >= 15 is 0 Å². The van der Waals surface area contributed by atoms with Crippen LogP contribution in [0.1, 0.15) is 84.3 Å². The van der Waals surface area contributed by atoms with Gasteiger partial charge in [-0.2, -0.15) is 0 Å². The Bertz CT molecular complexity index is 947. The summed E-state index contributed by atoms with van der Waals surface area (Å²) in [5, 5.41) is 24.6. The van der Waals surface area contributed by atoms with Crippen LogP contribution in [0.5, 0.6) is 0 Å². The van der Waals surface area contributed by atoms with Crippen molar-refractivity contribution >= 4 is 29.2 Å². The molecule has 4 heterocycles. The van der Waals surface area contributed by atoms with Crippen molar-refractivity contribution in [3.63, 3.8) is 0 Å². The van der Waals surface area contributed by atoms with Crippen LogP contribution < -0.4 is 0 Å². The number of ether oxygens (including phenoxy) is 2. The molecular formula is C27H41NO6S. The van der Waals surface area contributed by atoms with Gasteiger partial charge in [0.25, 0.3) is 0 Å². The van der Waals surface area contributed by atoms with E-state index in [2.05, 4.69) is 11.9 Å². The summed E-state index contributed by atoms with van der Waals surface area (Å²) in [6, 6.07) is 0. The lowest BCUT2D eigenvalue weighted by Gasteiger charge is -2.49. The summed E-state index contributed by atoms with van der Waals surface area (Å²) >= 11 is 1.55. The fourth-order valence-electron chi connectivity index (χ4n) is 5.31. The minimum absolute atomic E-state index is 0.0706. The first kappa shape index (κ1) is 28.0. The molecule has 0 radical (unpaired) electrons. The molecule has 0 aromatic carbocycles. The number of fused-ring (bicyclic) bond motifs is 12. The minimum Gasteiger partial charge on any atom is -0.455 e. The first-order chi connectivity index (χ1) is 16.2. The van der Waals surface area contributed by atoms with E-state index in [1.165, 1.54) is 0 Å². The van der Waals surface area contributed by atoms with Gasteiger partial charge in [0.15, 0.2) is 0 Å². The van der Waals surface area contributed by atoms with E-state index in [0.717, 1.165) is 42.0 Å². The Kier molecular flexibility index (Phi) is 8.62. The Balaban J connectivity index is 1.87. The van der Waals surface area contributed by atoms with Gasteiger partial charge in [0, 0.05) is 17.7 Å². The number of Topliss-reactive ketones (excluding diaryl/α,β-unsaturated/α-hetero) is 1. The molecule has 3 fully saturated rings. The molecule has 3 saturated heterocycles. The van der Waals surface area contributed by atoms with Gasteiger partial charge < -0.3 is 19.7 Å². The van der Waals surface area contributed by atoms with E-state index in [1.54, 1.807) is 32.1 Å². The molecule has 7 atom stereocenters. The molecule has 1 aromatic heterocycles. The van der Waals surface area contributed by atoms with Crippen LogP contribution in [0.4, 0.5) is 0 Å². The SMILES string of the molecule is C/C(=C\c1csc(C)n1)C1OC(=O)CC(O)C(C)(C)C(=O)C(C)C(O)C(C)CCCC2(C)CC1O2. The van der Waals surface area contributed by atoms with Gasteiger partial charge in [0.2, 0.25) is 0 Å². The van der Waals surface area contributed by atoms with Gasteiger partial charge >= 0.3 is 5.97 Å². The number of aliphatic hydroxyl groups is 2. The van der Waals surface area contributed by atoms with E-state index in [-0.39, 0.29) is 29.8 Å². The van der Waals surface area contributed by atoms with Gasteiger partial charge in [-0.25, -0.2) is 4.98 Å². The zero-order valence-electron chi connectivity index (χ0n) is 22.0. The van der Waals surface area contributed by atoms with Crippen LogP contribution in [-0.4, -0.2) is 57.0 Å². The molecule has 0 spiro atoms. The monoisotopic (exact) mass is 507 g/mol. The number of aromatic nitrogens is 1. The molecule has 0 amide bonds.